The predicted molar refractivity (Wildman–Crippen MR) is 136 cm³/mol. The molecule has 1 aromatic rings. The second kappa shape index (κ2) is 15.4. The second-order valence-electron chi connectivity index (χ2n) is 9.13. The first-order valence-corrected chi connectivity index (χ1v) is 13.2. The van der Waals surface area contributed by atoms with E-state index >= 15 is 0 Å². The molecule has 5 unspecified atom stereocenters. The van der Waals surface area contributed by atoms with Crippen LogP contribution in [-0.2, 0) is 25.6 Å². The number of aromatic amines is 1. The maximum Gasteiger partial charge on any atom is 0.326 e. The van der Waals surface area contributed by atoms with Crippen molar-refractivity contribution >= 4 is 35.5 Å². The molecule has 0 bridgehead atoms. The quantitative estimate of drug-likeness (QED) is 0.187. The number of thioether (sulfide) groups is 1. The Hall–Kier alpha value is -2.60. The van der Waals surface area contributed by atoms with Gasteiger partial charge in [-0.3, -0.25) is 14.4 Å². The number of carboxylic acid groups (broad SMARTS) is 1. The zero-order valence-corrected chi connectivity index (χ0v) is 22.0. The number of H-pyrrole nitrogens is 1. The Labute approximate surface area is 211 Å². The maximum atomic E-state index is 13.2. The molecular formula is C23H40N6O5S. The third-order valence-corrected chi connectivity index (χ3v) is 6.33. The Morgan fingerprint density at radius 2 is 1.74 bits per heavy atom. The molecule has 12 heteroatoms. The van der Waals surface area contributed by atoms with Crippen molar-refractivity contribution in [2.75, 3.05) is 12.0 Å². The summed E-state index contributed by atoms with van der Waals surface area (Å²) in [6, 6.07) is -3.79. The number of carboxylic acids is 1. The summed E-state index contributed by atoms with van der Waals surface area (Å²) < 4.78 is 0. The summed E-state index contributed by atoms with van der Waals surface area (Å²) in [5.41, 5.74) is 6.71. The molecule has 0 saturated heterocycles. The molecule has 1 heterocycles. The summed E-state index contributed by atoms with van der Waals surface area (Å²) in [4.78, 5) is 57.3. The standard InChI is InChI=1S/C23H40N6O5S/c1-6-14(4)19(22(32)27-17(23(33)34)7-8-35-5)29-21(31)18(9-13(2)3)28-20(30)16(24)10-15-11-25-12-26-15/h11-14,16-19H,6-10,24H2,1-5H3,(H,25,26)(H,27,32)(H,28,30)(H,29,31)(H,33,34). The largest absolute Gasteiger partial charge is 0.480 e. The van der Waals surface area contributed by atoms with Crippen LogP contribution in [0.2, 0.25) is 0 Å². The molecular weight excluding hydrogens is 472 g/mol. The predicted octanol–water partition coefficient (Wildman–Crippen LogP) is 0.664. The number of imidazole rings is 1. The molecule has 7 N–H and O–H groups in total. The number of nitrogens with zero attached hydrogens (tertiary/aromatic N) is 1. The van der Waals surface area contributed by atoms with Crippen molar-refractivity contribution in [1.82, 2.24) is 25.9 Å². The first kappa shape index (κ1) is 30.4. The van der Waals surface area contributed by atoms with Crippen LogP contribution in [0.5, 0.6) is 0 Å². The van der Waals surface area contributed by atoms with Crippen molar-refractivity contribution < 1.29 is 24.3 Å². The number of aromatic nitrogens is 2. The lowest BCUT2D eigenvalue weighted by molar-refractivity contribution is -0.142. The minimum absolute atomic E-state index is 0.0775. The fraction of sp³-hybridized carbons (Fsp3) is 0.696. The number of nitrogens with one attached hydrogen (secondary N) is 4. The molecule has 35 heavy (non-hydrogen) atoms. The van der Waals surface area contributed by atoms with Crippen molar-refractivity contribution in [3.63, 3.8) is 0 Å². The Bertz CT molecular complexity index is 819. The van der Waals surface area contributed by atoms with Gasteiger partial charge in [0.1, 0.15) is 18.1 Å². The van der Waals surface area contributed by atoms with E-state index in [4.69, 9.17) is 5.73 Å². The van der Waals surface area contributed by atoms with Crippen molar-refractivity contribution in [2.45, 2.75) is 77.5 Å². The molecule has 0 fully saturated rings. The summed E-state index contributed by atoms with van der Waals surface area (Å²) in [5.74, 6) is -2.31. The van der Waals surface area contributed by atoms with Crippen molar-refractivity contribution in [2.24, 2.45) is 17.6 Å². The van der Waals surface area contributed by atoms with E-state index in [1.807, 2.05) is 27.0 Å². The SMILES string of the molecule is CCC(C)C(NC(=O)C(CC(C)C)NC(=O)C(N)Cc1cnc[nH]1)C(=O)NC(CCSC)C(=O)O. The molecule has 5 atom stereocenters. The molecule has 0 aromatic carbocycles. The molecule has 11 nitrogen and oxygen atoms in total. The lowest BCUT2D eigenvalue weighted by Gasteiger charge is -2.28. The highest BCUT2D eigenvalue weighted by atomic mass is 32.2. The van der Waals surface area contributed by atoms with E-state index in [1.165, 1.54) is 18.1 Å². The Morgan fingerprint density at radius 1 is 1.09 bits per heavy atom. The lowest BCUT2D eigenvalue weighted by atomic mass is 9.96. The van der Waals surface area contributed by atoms with E-state index in [2.05, 4.69) is 25.9 Å². The summed E-state index contributed by atoms with van der Waals surface area (Å²) in [7, 11) is 0. The third kappa shape index (κ3) is 10.7. The summed E-state index contributed by atoms with van der Waals surface area (Å²) in [6.45, 7) is 7.51. The molecule has 1 aromatic heterocycles. The van der Waals surface area contributed by atoms with Gasteiger partial charge in [0.15, 0.2) is 0 Å². The van der Waals surface area contributed by atoms with Crippen LogP contribution in [0.3, 0.4) is 0 Å². The minimum Gasteiger partial charge on any atom is -0.480 e. The second-order valence-corrected chi connectivity index (χ2v) is 10.1. The topological polar surface area (TPSA) is 179 Å². The van der Waals surface area contributed by atoms with Crippen LogP contribution >= 0.6 is 11.8 Å². The zero-order valence-electron chi connectivity index (χ0n) is 21.2. The highest BCUT2D eigenvalue weighted by molar-refractivity contribution is 7.98. The average Bonchev–Trinajstić information content (AvgIpc) is 3.31. The van der Waals surface area contributed by atoms with Crippen molar-refractivity contribution in [1.29, 1.82) is 0 Å². The van der Waals surface area contributed by atoms with Crippen LogP contribution in [0.25, 0.3) is 0 Å². The van der Waals surface area contributed by atoms with Gasteiger partial charge in [-0.25, -0.2) is 9.78 Å². The maximum absolute atomic E-state index is 13.2. The number of nitrogens with two attached hydrogens (primary N) is 1. The van der Waals surface area contributed by atoms with Crippen LogP contribution in [0.1, 0.15) is 52.7 Å². The highest BCUT2D eigenvalue weighted by Gasteiger charge is 2.33. The molecule has 0 aliphatic rings. The minimum atomic E-state index is -1.13. The van der Waals surface area contributed by atoms with Gasteiger partial charge in [0.25, 0.3) is 0 Å². The molecule has 0 aliphatic carbocycles. The molecule has 0 aliphatic heterocycles. The molecule has 0 radical (unpaired) electrons. The van der Waals surface area contributed by atoms with Gasteiger partial charge < -0.3 is 31.8 Å². The van der Waals surface area contributed by atoms with Crippen LogP contribution in [0, 0.1) is 11.8 Å². The van der Waals surface area contributed by atoms with Crippen molar-refractivity contribution in [3.8, 4) is 0 Å². The number of amides is 3. The van der Waals surface area contributed by atoms with Gasteiger partial charge in [0.2, 0.25) is 17.7 Å². The van der Waals surface area contributed by atoms with E-state index in [-0.39, 0.29) is 24.7 Å². The number of aliphatic carboxylic acids is 1. The number of carbonyl (C=O) groups is 4. The first-order chi connectivity index (χ1) is 16.5. The van der Waals surface area contributed by atoms with Crippen LogP contribution in [0.15, 0.2) is 12.5 Å². The average molecular weight is 513 g/mol. The van der Waals surface area contributed by atoms with Gasteiger partial charge in [-0.15, -0.1) is 0 Å². The Balaban J connectivity index is 2.95. The first-order valence-electron chi connectivity index (χ1n) is 11.9. The summed E-state index contributed by atoms with van der Waals surface area (Å²) in [6.07, 6.45) is 6.34. The van der Waals surface area contributed by atoms with Crippen molar-refractivity contribution in [3.05, 3.63) is 18.2 Å². The van der Waals surface area contributed by atoms with Gasteiger partial charge in [-0.1, -0.05) is 34.1 Å². The fourth-order valence-electron chi connectivity index (χ4n) is 3.42. The van der Waals surface area contributed by atoms with E-state index < -0.39 is 47.9 Å². The summed E-state index contributed by atoms with van der Waals surface area (Å²) >= 11 is 1.48. The Morgan fingerprint density at radius 3 is 2.26 bits per heavy atom. The zero-order chi connectivity index (χ0) is 26.5. The molecule has 0 spiro atoms. The molecule has 0 saturated carbocycles. The highest BCUT2D eigenvalue weighted by Crippen LogP contribution is 2.12. The molecule has 198 valence electrons. The van der Waals surface area contributed by atoms with E-state index in [1.54, 1.807) is 13.1 Å². The van der Waals surface area contributed by atoms with Crippen LogP contribution in [0.4, 0.5) is 0 Å². The van der Waals surface area contributed by atoms with Crippen LogP contribution < -0.4 is 21.7 Å². The third-order valence-electron chi connectivity index (χ3n) is 5.69. The van der Waals surface area contributed by atoms with E-state index in [0.29, 0.717) is 24.3 Å². The van der Waals surface area contributed by atoms with E-state index in [9.17, 15) is 24.3 Å². The number of rotatable bonds is 16. The van der Waals surface area contributed by atoms with Gasteiger partial charge >= 0.3 is 5.97 Å². The van der Waals surface area contributed by atoms with Gasteiger partial charge in [-0.05, 0) is 36.7 Å². The lowest BCUT2D eigenvalue weighted by Crippen LogP contribution is -2.59. The van der Waals surface area contributed by atoms with Gasteiger partial charge in [-0.2, -0.15) is 11.8 Å². The monoisotopic (exact) mass is 512 g/mol. The number of hydrogen-bond donors (Lipinski definition) is 6. The fourth-order valence-corrected chi connectivity index (χ4v) is 3.89. The number of carbonyl (C=O) groups excluding carboxylic acids is 3. The summed E-state index contributed by atoms with van der Waals surface area (Å²) in [5, 5.41) is 17.5. The normalized spacial score (nSPS) is 15.5. The smallest absolute Gasteiger partial charge is 0.326 e. The van der Waals surface area contributed by atoms with E-state index in [0.717, 1.165) is 0 Å². The number of hydrogen-bond acceptors (Lipinski definition) is 7. The van der Waals surface area contributed by atoms with Gasteiger partial charge in [0.05, 0.1) is 12.4 Å². The van der Waals surface area contributed by atoms with Gasteiger partial charge in [0, 0.05) is 18.3 Å². The Kier molecular flexibility index (Phi) is 13.4. The van der Waals surface area contributed by atoms with Crippen LogP contribution in [-0.4, -0.2) is 74.9 Å². The molecule has 3 amide bonds. The molecule has 1 rings (SSSR count).